The van der Waals surface area contributed by atoms with E-state index in [1.807, 2.05) is 42.5 Å². The van der Waals surface area contributed by atoms with Crippen LogP contribution in [0.15, 0.2) is 48.5 Å². The Kier molecular flexibility index (Phi) is 4.32. The summed E-state index contributed by atoms with van der Waals surface area (Å²) in [6.07, 6.45) is 0. The average Bonchev–Trinajstić information content (AvgIpc) is 2.55. The van der Waals surface area contributed by atoms with Crippen LogP contribution in [0.5, 0.6) is 0 Å². The maximum absolute atomic E-state index is 5.95. The molecule has 3 heteroatoms. The number of nitrogen functional groups attached to an aromatic ring is 1. The summed E-state index contributed by atoms with van der Waals surface area (Å²) in [6.45, 7) is 4.22. The molecule has 0 aliphatic carbocycles. The van der Waals surface area contributed by atoms with Crippen LogP contribution in [0.1, 0.15) is 11.1 Å². The fraction of sp³-hybridized carbons (Fsp3) is 0.263. The Labute approximate surface area is 132 Å². The van der Waals surface area contributed by atoms with Crippen molar-refractivity contribution in [2.75, 3.05) is 43.9 Å². The fourth-order valence-electron chi connectivity index (χ4n) is 2.64. The topological polar surface area (TPSA) is 32.5 Å². The molecule has 0 unspecified atom stereocenters. The van der Waals surface area contributed by atoms with E-state index in [1.165, 1.54) is 5.69 Å². The second-order valence-corrected chi connectivity index (χ2v) is 5.68. The molecular formula is C19H21N3. The first-order valence-electron chi connectivity index (χ1n) is 7.62. The molecule has 1 fully saturated rings. The lowest BCUT2D eigenvalue weighted by Crippen LogP contribution is -2.44. The smallest absolute Gasteiger partial charge is 0.0527 e. The summed E-state index contributed by atoms with van der Waals surface area (Å²) < 4.78 is 0. The number of rotatable bonds is 1. The van der Waals surface area contributed by atoms with E-state index in [2.05, 4.69) is 34.8 Å². The summed E-state index contributed by atoms with van der Waals surface area (Å²) >= 11 is 0. The van der Waals surface area contributed by atoms with E-state index >= 15 is 0 Å². The molecule has 0 aromatic heterocycles. The van der Waals surface area contributed by atoms with Crippen molar-refractivity contribution in [3.8, 4) is 11.8 Å². The number of hydrogen-bond donors (Lipinski definition) is 1. The van der Waals surface area contributed by atoms with Crippen molar-refractivity contribution in [3.05, 3.63) is 59.7 Å². The molecule has 0 saturated carbocycles. The Balaban J connectivity index is 1.90. The molecule has 22 heavy (non-hydrogen) atoms. The standard InChI is InChI=1S/C19H21N3/c1-21-11-13-22(14-12-21)19-10-9-18(20)15-17(19)8-7-16-5-3-2-4-6-16/h2-6,9-10,15H,11-14,20H2,1H3. The summed E-state index contributed by atoms with van der Waals surface area (Å²) in [5.41, 5.74) is 9.93. The van der Waals surface area contributed by atoms with E-state index < -0.39 is 0 Å². The first-order valence-corrected chi connectivity index (χ1v) is 7.62. The van der Waals surface area contributed by atoms with Crippen LogP contribution in [0.3, 0.4) is 0 Å². The van der Waals surface area contributed by atoms with E-state index in [-0.39, 0.29) is 0 Å². The van der Waals surface area contributed by atoms with Crippen molar-refractivity contribution in [2.24, 2.45) is 0 Å². The van der Waals surface area contributed by atoms with Crippen molar-refractivity contribution in [3.63, 3.8) is 0 Å². The van der Waals surface area contributed by atoms with Gasteiger partial charge in [0.25, 0.3) is 0 Å². The zero-order valence-electron chi connectivity index (χ0n) is 12.9. The molecule has 112 valence electrons. The largest absolute Gasteiger partial charge is 0.399 e. The molecule has 3 nitrogen and oxygen atoms in total. The van der Waals surface area contributed by atoms with E-state index in [9.17, 15) is 0 Å². The van der Waals surface area contributed by atoms with Gasteiger partial charge in [0.1, 0.15) is 0 Å². The summed E-state index contributed by atoms with van der Waals surface area (Å²) in [5.74, 6) is 6.53. The normalized spacial score (nSPS) is 15.2. The Morgan fingerprint density at radius 1 is 0.909 bits per heavy atom. The quantitative estimate of drug-likeness (QED) is 0.647. The molecule has 1 aliphatic rings. The minimum absolute atomic E-state index is 0.759. The molecule has 0 amide bonds. The molecule has 1 heterocycles. The van der Waals surface area contributed by atoms with Crippen LogP contribution in [0.2, 0.25) is 0 Å². The molecule has 3 rings (SSSR count). The van der Waals surface area contributed by atoms with Crippen molar-refractivity contribution in [1.82, 2.24) is 4.90 Å². The van der Waals surface area contributed by atoms with E-state index in [0.717, 1.165) is 43.0 Å². The number of anilines is 2. The maximum atomic E-state index is 5.95. The zero-order chi connectivity index (χ0) is 15.4. The molecule has 0 spiro atoms. The number of nitrogens with zero attached hydrogens (tertiary/aromatic N) is 2. The first kappa shape index (κ1) is 14.5. The summed E-state index contributed by atoms with van der Waals surface area (Å²) in [6, 6.07) is 16.1. The maximum Gasteiger partial charge on any atom is 0.0527 e. The third kappa shape index (κ3) is 3.41. The van der Waals surface area contributed by atoms with Crippen molar-refractivity contribution in [2.45, 2.75) is 0 Å². The second-order valence-electron chi connectivity index (χ2n) is 5.68. The van der Waals surface area contributed by atoms with Gasteiger partial charge in [-0.25, -0.2) is 0 Å². The van der Waals surface area contributed by atoms with Gasteiger partial charge in [-0.1, -0.05) is 30.0 Å². The van der Waals surface area contributed by atoms with Crippen LogP contribution in [0.4, 0.5) is 11.4 Å². The third-order valence-electron chi connectivity index (χ3n) is 3.98. The van der Waals surface area contributed by atoms with Crippen LogP contribution in [-0.2, 0) is 0 Å². The first-order chi connectivity index (χ1) is 10.7. The molecule has 2 aromatic carbocycles. The van der Waals surface area contributed by atoms with Gasteiger partial charge in [-0.05, 0) is 37.4 Å². The monoisotopic (exact) mass is 291 g/mol. The predicted octanol–water partition coefficient (Wildman–Crippen LogP) is 2.42. The molecule has 0 radical (unpaired) electrons. The summed E-state index contributed by atoms with van der Waals surface area (Å²) in [5, 5.41) is 0. The molecule has 2 N–H and O–H groups in total. The number of benzene rings is 2. The van der Waals surface area contributed by atoms with Crippen molar-refractivity contribution in [1.29, 1.82) is 0 Å². The van der Waals surface area contributed by atoms with Crippen LogP contribution in [0, 0.1) is 11.8 Å². The molecule has 0 bridgehead atoms. The highest BCUT2D eigenvalue weighted by Crippen LogP contribution is 2.23. The highest BCUT2D eigenvalue weighted by Gasteiger charge is 2.16. The van der Waals surface area contributed by atoms with Gasteiger partial charge in [0, 0.05) is 37.4 Å². The molecule has 1 saturated heterocycles. The van der Waals surface area contributed by atoms with Gasteiger partial charge in [0.2, 0.25) is 0 Å². The van der Waals surface area contributed by atoms with Crippen LogP contribution < -0.4 is 10.6 Å². The number of hydrogen-bond acceptors (Lipinski definition) is 3. The lowest BCUT2D eigenvalue weighted by atomic mass is 10.1. The van der Waals surface area contributed by atoms with Crippen molar-refractivity contribution < 1.29 is 0 Å². The van der Waals surface area contributed by atoms with E-state index in [1.54, 1.807) is 0 Å². The second kappa shape index (κ2) is 6.55. The average molecular weight is 291 g/mol. The third-order valence-corrected chi connectivity index (χ3v) is 3.98. The van der Waals surface area contributed by atoms with E-state index in [0.29, 0.717) is 0 Å². The van der Waals surface area contributed by atoms with Crippen LogP contribution in [0.25, 0.3) is 0 Å². The molecular weight excluding hydrogens is 270 g/mol. The van der Waals surface area contributed by atoms with Crippen LogP contribution in [-0.4, -0.2) is 38.1 Å². The van der Waals surface area contributed by atoms with Gasteiger partial charge in [-0.3, -0.25) is 0 Å². The lowest BCUT2D eigenvalue weighted by Gasteiger charge is -2.34. The Morgan fingerprint density at radius 2 is 1.64 bits per heavy atom. The van der Waals surface area contributed by atoms with Gasteiger partial charge < -0.3 is 15.5 Å². The summed E-state index contributed by atoms with van der Waals surface area (Å²) in [4.78, 5) is 4.75. The minimum Gasteiger partial charge on any atom is -0.399 e. The number of likely N-dealkylation sites (N-methyl/N-ethyl adjacent to an activating group) is 1. The highest BCUT2D eigenvalue weighted by atomic mass is 15.2. The molecule has 2 aromatic rings. The zero-order valence-corrected chi connectivity index (χ0v) is 12.9. The lowest BCUT2D eigenvalue weighted by molar-refractivity contribution is 0.313. The van der Waals surface area contributed by atoms with E-state index in [4.69, 9.17) is 5.73 Å². The number of piperazine rings is 1. The predicted molar refractivity (Wildman–Crippen MR) is 93.0 cm³/mol. The summed E-state index contributed by atoms with van der Waals surface area (Å²) in [7, 11) is 2.16. The minimum atomic E-state index is 0.759. The van der Waals surface area contributed by atoms with Gasteiger partial charge in [0.05, 0.1) is 11.3 Å². The SMILES string of the molecule is CN1CCN(c2ccc(N)cc2C#Cc2ccccc2)CC1. The Morgan fingerprint density at radius 3 is 2.36 bits per heavy atom. The van der Waals surface area contributed by atoms with Crippen molar-refractivity contribution >= 4 is 11.4 Å². The molecule has 0 atom stereocenters. The van der Waals surface area contributed by atoms with Gasteiger partial charge >= 0.3 is 0 Å². The van der Waals surface area contributed by atoms with Crippen LogP contribution >= 0.6 is 0 Å². The van der Waals surface area contributed by atoms with Gasteiger partial charge in [0.15, 0.2) is 0 Å². The molecule has 1 aliphatic heterocycles. The Hall–Kier alpha value is -2.44. The number of nitrogens with two attached hydrogens (primary N) is 1. The Bertz CT molecular complexity index is 690. The van der Waals surface area contributed by atoms with Gasteiger partial charge in [-0.15, -0.1) is 0 Å². The highest BCUT2D eigenvalue weighted by molar-refractivity contribution is 5.66. The fourth-order valence-corrected chi connectivity index (χ4v) is 2.64. The van der Waals surface area contributed by atoms with Gasteiger partial charge in [-0.2, -0.15) is 0 Å².